The molecule has 0 aromatic heterocycles. The monoisotopic (exact) mass is 1260 g/mol. The number of aliphatic hydroxyl groups excluding tert-OH is 11. The Kier molecular flexibility index (Phi) is 45.6. The van der Waals surface area contributed by atoms with Crippen molar-refractivity contribution in [2.24, 2.45) is 0 Å². The van der Waals surface area contributed by atoms with Crippen LogP contribution in [0.1, 0.15) is 194 Å². The maximum Gasteiger partial charge on any atom is 0.220 e. The van der Waals surface area contributed by atoms with E-state index in [1.165, 1.54) is 64.2 Å². The Morgan fingerprint density at radius 1 is 0.416 bits per heavy atom. The van der Waals surface area contributed by atoms with Crippen LogP contribution in [0.2, 0.25) is 0 Å². The van der Waals surface area contributed by atoms with Crippen LogP contribution in [0.25, 0.3) is 0 Å². The Morgan fingerprint density at radius 3 is 1.26 bits per heavy atom. The number of amides is 1. The van der Waals surface area contributed by atoms with E-state index >= 15 is 0 Å². The second-order valence-corrected chi connectivity index (χ2v) is 23.5. The van der Waals surface area contributed by atoms with Gasteiger partial charge in [0.05, 0.1) is 38.6 Å². The summed E-state index contributed by atoms with van der Waals surface area (Å²) in [5, 5.41) is 120. The molecule has 3 aliphatic heterocycles. The van der Waals surface area contributed by atoms with Crippen molar-refractivity contribution in [3.8, 4) is 0 Å². The summed E-state index contributed by atoms with van der Waals surface area (Å²) in [6.07, 6.45) is 40.8. The summed E-state index contributed by atoms with van der Waals surface area (Å²) in [7, 11) is 0. The molecule has 0 radical (unpaired) electrons. The number of aliphatic hydroxyl groups is 11. The molecule has 17 atom stereocenters. The Balaban J connectivity index is 1.40. The molecule has 0 spiro atoms. The molecule has 3 rings (SSSR count). The highest BCUT2D eigenvalue weighted by molar-refractivity contribution is 5.76. The van der Waals surface area contributed by atoms with Crippen molar-refractivity contribution in [3.63, 3.8) is 0 Å². The number of nitrogens with one attached hydrogen (secondary N) is 1. The predicted octanol–water partition coefficient (Wildman–Crippen LogP) is 8.27. The van der Waals surface area contributed by atoms with Gasteiger partial charge in [0.2, 0.25) is 5.91 Å². The lowest BCUT2D eigenvalue weighted by Gasteiger charge is -2.48. The van der Waals surface area contributed by atoms with E-state index in [9.17, 15) is 61.0 Å². The molecule has 510 valence electrons. The first-order chi connectivity index (χ1) is 43.3. The summed E-state index contributed by atoms with van der Waals surface area (Å²) in [5.41, 5.74) is 0. The number of carbonyl (C=O) groups is 1. The van der Waals surface area contributed by atoms with Crippen molar-refractivity contribution in [2.75, 3.05) is 26.4 Å². The molecule has 3 fully saturated rings. The second-order valence-electron chi connectivity index (χ2n) is 23.5. The molecule has 0 saturated carbocycles. The highest BCUT2D eigenvalue weighted by Crippen LogP contribution is 2.33. The van der Waals surface area contributed by atoms with Gasteiger partial charge in [-0.05, 0) is 96.3 Å². The number of unbranched alkanes of at least 4 members (excludes halogenated alkanes) is 17. The molecule has 3 heterocycles. The van der Waals surface area contributed by atoms with E-state index in [0.29, 0.717) is 12.8 Å². The van der Waals surface area contributed by atoms with Crippen molar-refractivity contribution in [1.82, 2.24) is 5.32 Å². The molecule has 0 aromatic carbocycles. The normalized spacial score (nSPS) is 28.9. The van der Waals surface area contributed by atoms with Gasteiger partial charge in [0, 0.05) is 6.42 Å². The van der Waals surface area contributed by atoms with Crippen LogP contribution in [0, 0.1) is 0 Å². The van der Waals surface area contributed by atoms with E-state index in [2.05, 4.69) is 116 Å². The van der Waals surface area contributed by atoms with Crippen LogP contribution in [0.4, 0.5) is 0 Å². The van der Waals surface area contributed by atoms with Gasteiger partial charge in [0.15, 0.2) is 18.9 Å². The number of ether oxygens (including phenoxy) is 6. The van der Waals surface area contributed by atoms with E-state index in [4.69, 9.17) is 28.4 Å². The number of hydrogen-bond acceptors (Lipinski definition) is 18. The highest BCUT2D eigenvalue weighted by atomic mass is 16.8. The summed E-state index contributed by atoms with van der Waals surface area (Å²) >= 11 is 0. The summed E-state index contributed by atoms with van der Waals surface area (Å²) in [5.74, 6) is -0.298. The number of allylic oxidation sites excluding steroid dienone is 17. The van der Waals surface area contributed by atoms with E-state index in [-0.39, 0.29) is 18.9 Å². The van der Waals surface area contributed by atoms with E-state index < -0.39 is 124 Å². The summed E-state index contributed by atoms with van der Waals surface area (Å²) in [6.45, 7) is 1.52. The second kappa shape index (κ2) is 50.9. The molecular formula is C70H117NO18. The van der Waals surface area contributed by atoms with Crippen molar-refractivity contribution in [2.45, 2.75) is 298 Å². The van der Waals surface area contributed by atoms with Crippen molar-refractivity contribution >= 4 is 5.91 Å². The highest BCUT2D eigenvalue weighted by Gasteiger charge is 2.53. The van der Waals surface area contributed by atoms with Gasteiger partial charge in [-0.2, -0.15) is 0 Å². The lowest BCUT2D eigenvalue weighted by Crippen LogP contribution is -2.66. The van der Waals surface area contributed by atoms with Gasteiger partial charge in [0.1, 0.15) is 73.2 Å². The molecule has 0 aliphatic carbocycles. The fraction of sp³-hybridized carbons (Fsp3) is 0.729. The van der Waals surface area contributed by atoms with Crippen LogP contribution < -0.4 is 5.32 Å². The molecule has 12 N–H and O–H groups in total. The maximum absolute atomic E-state index is 13.4. The molecule has 3 aliphatic rings. The van der Waals surface area contributed by atoms with Crippen LogP contribution in [0.3, 0.4) is 0 Å². The van der Waals surface area contributed by atoms with Crippen molar-refractivity contribution in [3.05, 3.63) is 109 Å². The van der Waals surface area contributed by atoms with E-state index in [1.54, 1.807) is 6.08 Å². The third-order valence-electron chi connectivity index (χ3n) is 16.0. The smallest absolute Gasteiger partial charge is 0.220 e. The standard InChI is InChI=1S/C70H117NO18/c1-3-5-7-9-11-13-15-17-18-19-20-21-22-23-24-25-26-27-28-29-30-31-32-33-34-36-38-40-42-44-46-48-58(76)71-53(54(75)47-45-43-41-39-37-35-16-14-12-10-8-6-4-2)52-84-68-64(82)61(79)66(56(50-73)86-68)89-70-65(83)62(80)67(57(51-74)87-70)88-69-63(81)60(78)59(77)55(49-72)85-69/h5,7,11-14,17-18,20-21,23-24,26-27,37,39,45,47,53-57,59-70,72-75,77-83H,3-4,6,8-10,15-16,19,22,25,28-36,38,40-44,46,48-52H2,1-2H3,(H,71,76)/b7-5-,13-11-,14-12+,18-17-,21-20-,24-23-,27-26-,39-37+,47-45+. The zero-order valence-electron chi connectivity index (χ0n) is 53.6. The lowest BCUT2D eigenvalue weighted by molar-refractivity contribution is -0.379. The summed E-state index contributed by atoms with van der Waals surface area (Å²) in [6, 6.07) is -1.00. The molecule has 19 nitrogen and oxygen atoms in total. The molecule has 0 bridgehead atoms. The van der Waals surface area contributed by atoms with Gasteiger partial charge in [-0.1, -0.05) is 200 Å². The molecular weight excluding hydrogens is 1140 g/mol. The van der Waals surface area contributed by atoms with Gasteiger partial charge in [-0.3, -0.25) is 4.79 Å². The SMILES string of the molecule is CC/C=C\C/C=C\C/C=C\C/C=C\C/C=C\C/C=C\CCCCCCCCCCCCCCC(=O)NC(COC1OC(CO)C(OC2OC(CO)C(OC3OC(CO)C(O)C(O)C3O)C(O)C2O)C(O)C1O)C(O)/C=C/CC/C=C/CC/C=C/CCCCC. The molecule has 89 heavy (non-hydrogen) atoms. The van der Waals surface area contributed by atoms with Gasteiger partial charge in [-0.25, -0.2) is 0 Å². The zero-order chi connectivity index (χ0) is 64.7. The topological polar surface area (TPSA) is 307 Å². The Hall–Kier alpha value is -3.55. The zero-order valence-corrected chi connectivity index (χ0v) is 53.6. The quantitative estimate of drug-likeness (QED) is 0.0201. The molecule has 19 heteroatoms. The Labute approximate surface area is 532 Å². The van der Waals surface area contributed by atoms with Crippen LogP contribution in [-0.4, -0.2) is 193 Å². The molecule has 0 aromatic rings. The Morgan fingerprint density at radius 2 is 0.787 bits per heavy atom. The first kappa shape index (κ1) is 79.7. The van der Waals surface area contributed by atoms with E-state index in [0.717, 1.165) is 96.3 Å². The minimum atomic E-state index is -1.99. The van der Waals surface area contributed by atoms with Gasteiger partial charge >= 0.3 is 0 Å². The van der Waals surface area contributed by atoms with Crippen molar-refractivity contribution < 1.29 is 89.4 Å². The Bertz CT molecular complexity index is 2040. The number of rotatable bonds is 49. The van der Waals surface area contributed by atoms with Crippen LogP contribution in [0.5, 0.6) is 0 Å². The third-order valence-corrected chi connectivity index (χ3v) is 16.0. The average molecular weight is 1260 g/mol. The maximum atomic E-state index is 13.4. The van der Waals surface area contributed by atoms with Gasteiger partial charge < -0.3 is 89.9 Å². The molecule has 1 amide bonds. The molecule has 3 saturated heterocycles. The fourth-order valence-electron chi connectivity index (χ4n) is 10.6. The lowest BCUT2D eigenvalue weighted by atomic mass is 9.96. The minimum Gasteiger partial charge on any atom is -0.394 e. The summed E-state index contributed by atoms with van der Waals surface area (Å²) < 4.78 is 34.2. The van der Waals surface area contributed by atoms with Crippen LogP contribution in [0.15, 0.2) is 109 Å². The van der Waals surface area contributed by atoms with Crippen LogP contribution >= 0.6 is 0 Å². The third kappa shape index (κ3) is 33.2. The van der Waals surface area contributed by atoms with Gasteiger partial charge in [0.25, 0.3) is 0 Å². The largest absolute Gasteiger partial charge is 0.394 e. The average Bonchev–Trinajstić information content (AvgIpc) is 1.92. The minimum absolute atomic E-state index is 0.222. The fourth-order valence-corrected chi connectivity index (χ4v) is 10.6. The van der Waals surface area contributed by atoms with Crippen LogP contribution in [-0.2, 0) is 33.2 Å². The van der Waals surface area contributed by atoms with Gasteiger partial charge in [-0.15, -0.1) is 0 Å². The summed E-state index contributed by atoms with van der Waals surface area (Å²) in [4.78, 5) is 13.4. The molecule has 17 unspecified atom stereocenters. The first-order valence-electron chi connectivity index (χ1n) is 33.6. The van der Waals surface area contributed by atoms with Crippen molar-refractivity contribution in [1.29, 1.82) is 0 Å². The van der Waals surface area contributed by atoms with E-state index in [1.807, 2.05) is 6.08 Å². The number of hydrogen-bond donors (Lipinski definition) is 12. The number of carbonyl (C=O) groups excluding carboxylic acids is 1. The first-order valence-corrected chi connectivity index (χ1v) is 33.6. The predicted molar refractivity (Wildman–Crippen MR) is 346 cm³/mol.